The number of alkyl carbamates (subject to hydrolysis) is 1. The lowest BCUT2D eigenvalue weighted by Crippen LogP contribution is -2.42. The molecule has 0 bridgehead atoms. The molecule has 0 heterocycles. The van der Waals surface area contributed by atoms with E-state index in [9.17, 15) is 19.5 Å². The van der Waals surface area contributed by atoms with E-state index in [1.54, 1.807) is 0 Å². The smallest absolute Gasteiger partial charge is 0.407 e. The third-order valence-electron chi connectivity index (χ3n) is 6.87. The van der Waals surface area contributed by atoms with Gasteiger partial charge < -0.3 is 20.5 Å². The van der Waals surface area contributed by atoms with Gasteiger partial charge in [0, 0.05) is 19.0 Å². The van der Waals surface area contributed by atoms with Crippen molar-refractivity contribution in [1.29, 1.82) is 0 Å². The van der Waals surface area contributed by atoms with Crippen molar-refractivity contribution < 1.29 is 24.2 Å². The summed E-state index contributed by atoms with van der Waals surface area (Å²) in [6.45, 7) is 4.49. The van der Waals surface area contributed by atoms with Gasteiger partial charge in [-0.3, -0.25) is 9.59 Å². The number of hydrogen-bond acceptors (Lipinski definition) is 4. The van der Waals surface area contributed by atoms with Gasteiger partial charge in [-0.15, -0.1) is 0 Å². The van der Waals surface area contributed by atoms with Crippen LogP contribution in [0.25, 0.3) is 11.1 Å². The number of carbonyl (C=O) groups is 3. The van der Waals surface area contributed by atoms with Crippen LogP contribution in [0.1, 0.15) is 50.2 Å². The van der Waals surface area contributed by atoms with Gasteiger partial charge >= 0.3 is 12.1 Å². The van der Waals surface area contributed by atoms with E-state index in [1.165, 1.54) is 0 Å². The molecule has 0 spiro atoms. The van der Waals surface area contributed by atoms with Crippen LogP contribution in [-0.4, -0.2) is 42.8 Å². The van der Waals surface area contributed by atoms with Gasteiger partial charge in [-0.2, -0.15) is 0 Å². The van der Waals surface area contributed by atoms with E-state index in [0.29, 0.717) is 19.3 Å². The van der Waals surface area contributed by atoms with Crippen molar-refractivity contribution in [3.8, 4) is 11.1 Å². The Morgan fingerprint density at radius 2 is 1.59 bits per heavy atom. The molecule has 2 aliphatic rings. The predicted octanol–water partition coefficient (Wildman–Crippen LogP) is 4.17. The molecule has 1 saturated carbocycles. The fourth-order valence-electron chi connectivity index (χ4n) is 4.73. The number of benzene rings is 2. The first-order valence-electron chi connectivity index (χ1n) is 11.9. The molecule has 1 unspecified atom stereocenters. The average molecular weight is 465 g/mol. The summed E-state index contributed by atoms with van der Waals surface area (Å²) in [7, 11) is 0. The van der Waals surface area contributed by atoms with Crippen molar-refractivity contribution in [2.24, 2.45) is 17.3 Å². The van der Waals surface area contributed by atoms with Crippen LogP contribution >= 0.6 is 0 Å². The first-order chi connectivity index (χ1) is 16.3. The Hall–Kier alpha value is -3.35. The predicted molar refractivity (Wildman–Crippen MR) is 128 cm³/mol. The highest BCUT2D eigenvalue weighted by Gasteiger charge is 2.50. The zero-order valence-corrected chi connectivity index (χ0v) is 19.7. The lowest BCUT2D eigenvalue weighted by Gasteiger charge is -2.21. The second-order valence-corrected chi connectivity index (χ2v) is 9.84. The monoisotopic (exact) mass is 464 g/mol. The fourth-order valence-corrected chi connectivity index (χ4v) is 4.73. The van der Waals surface area contributed by atoms with Gasteiger partial charge in [0.05, 0.1) is 11.3 Å². The summed E-state index contributed by atoms with van der Waals surface area (Å²) in [5, 5.41) is 14.8. The molecule has 180 valence electrons. The molecular formula is C27H32N2O5. The Kier molecular flexibility index (Phi) is 6.91. The standard InChI is InChI=1S/C27H32N2O5/c1-17(2)13-18(24(30)29-16-27(11-12-27)25(31)32)14-28-26(33)34-15-23-21-9-5-3-7-19(21)20-8-4-6-10-22(20)23/h3-10,17-18,23H,11-16H2,1-2H3,(H,28,33)(H,29,30)(H,31,32). The van der Waals surface area contributed by atoms with Gasteiger partial charge in [0.2, 0.25) is 5.91 Å². The molecule has 0 radical (unpaired) electrons. The van der Waals surface area contributed by atoms with Crippen molar-refractivity contribution in [2.45, 2.75) is 39.0 Å². The van der Waals surface area contributed by atoms with Gasteiger partial charge in [-0.1, -0.05) is 62.4 Å². The number of carbonyl (C=O) groups excluding carboxylic acids is 2. The number of ether oxygens (including phenoxy) is 1. The molecule has 0 aliphatic heterocycles. The number of nitrogens with one attached hydrogen (secondary N) is 2. The third-order valence-corrected chi connectivity index (χ3v) is 6.87. The van der Waals surface area contributed by atoms with Gasteiger partial charge in [0.25, 0.3) is 0 Å². The number of rotatable bonds is 10. The maximum atomic E-state index is 12.7. The summed E-state index contributed by atoms with van der Waals surface area (Å²) < 4.78 is 5.57. The van der Waals surface area contributed by atoms with Crippen LogP contribution in [0.5, 0.6) is 0 Å². The summed E-state index contributed by atoms with van der Waals surface area (Å²) in [5.41, 5.74) is 3.78. The van der Waals surface area contributed by atoms with E-state index in [4.69, 9.17) is 4.74 Å². The SMILES string of the molecule is CC(C)CC(CNC(=O)OCC1c2ccccc2-c2ccccc21)C(=O)NCC1(C(=O)O)CC1. The van der Waals surface area contributed by atoms with Crippen LogP contribution in [0.15, 0.2) is 48.5 Å². The van der Waals surface area contributed by atoms with Crippen molar-refractivity contribution >= 4 is 18.0 Å². The van der Waals surface area contributed by atoms with Crippen LogP contribution in [0.3, 0.4) is 0 Å². The molecule has 0 aromatic heterocycles. The average Bonchev–Trinajstić information content (AvgIpc) is 3.56. The maximum Gasteiger partial charge on any atom is 0.407 e. The number of carboxylic acid groups (broad SMARTS) is 1. The maximum absolute atomic E-state index is 12.7. The summed E-state index contributed by atoms with van der Waals surface area (Å²) >= 11 is 0. The summed E-state index contributed by atoms with van der Waals surface area (Å²) in [4.78, 5) is 36.6. The number of hydrogen-bond donors (Lipinski definition) is 3. The van der Waals surface area contributed by atoms with Gasteiger partial charge in [0.1, 0.15) is 6.61 Å². The quantitative estimate of drug-likeness (QED) is 0.490. The highest BCUT2D eigenvalue weighted by molar-refractivity contribution is 5.83. The molecule has 7 heteroatoms. The van der Waals surface area contributed by atoms with Crippen molar-refractivity contribution in [3.05, 3.63) is 59.7 Å². The normalized spacial score (nSPS) is 16.3. The second kappa shape index (κ2) is 9.87. The van der Waals surface area contributed by atoms with E-state index < -0.39 is 23.4 Å². The molecule has 34 heavy (non-hydrogen) atoms. The topological polar surface area (TPSA) is 105 Å². The Labute approximate surface area is 199 Å². The fraction of sp³-hybridized carbons (Fsp3) is 0.444. The van der Waals surface area contributed by atoms with Crippen LogP contribution in [0, 0.1) is 17.3 Å². The minimum absolute atomic E-state index is 0.0290. The molecule has 7 nitrogen and oxygen atoms in total. The van der Waals surface area contributed by atoms with Gasteiger partial charge in [-0.25, -0.2) is 4.79 Å². The number of fused-ring (bicyclic) bond motifs is 3. The number of carboxylic acids is 1. The van der Waals surface area contributed by atoms with Crippen molar-refractivity contribution in [3.63, 3.8) is 0 Å². The molecule has 0 saturated heterocycles. The first-order valence-corrected chi connectivity index (χ1v) is 11.9. The highest BCUT2D eigenvalue weighted by Crippen LogP contribution is 2.45. The number of amides is 2. The Balaban J connectivity index is 1.32. The summed E-state index contributed by atoms with van der Waals surface area (Å²) in [6, 6.07) is 16.3. The van der Waals surface area contributed by atoms with Crippen LogP contribution < -0.4 is 10.6 Å². The van der Waals surface area contributed by atoms with Crippen LogP contribution in [-0.2, 0) is 14.3 Å². The largest absolute Gasteiger partial charge is 0.481 e. The number of aliphatic carboxylic acids is 1. The second-order valence-electron chi connectivity index (χ2n) is 9.84. The zero-order valence-electron chi connectivity index (χ0n) is 19.7. The van der Waals surface area contributed by atoms with Gasteiger partial charge in [-0.05, 0) is 47.4 Å². The molecule has 2 aliphatic carbocycles. The third kappa shape index (κ3) is 5.08. The molecule has 2 aromatic carbocycles. The molecular weight excluding hydrogens is 432 g/mol. The van der Waals surface area contributed by atoms with Crippen LogP contribution in [0.2, 0.25) is 0 Å². The Morgan fingerprint density at radius 1 is 1.00 bits per heavy atom. The van der Waals surface area contributed by atoms with Crippen LogP contribution in [0.4, 0.5) is 4.79 Å². The Morgan fingerprint density at radius 3 is 2.12 bits per heavy atom. The molecule has 2 aromatic rings. The highest BCUT2D eigenvalue weighted by atomic mass is 16.5. The van der Waals surface area contributed by atoms with E-state index in [2.05, 4.69) is 34.9 Å². The van der Waals surface area contributed by atoms with E-state index in [-0.39, 0.29) is 37.4 Å². The first kappa shape index (κ1) is 23.8. The molecule has 4 rings (SSSR count). The lowest BCUT2D eigenvalue weighted by atomic mass is 9.95. The van der Waals surface area contributed by atoms with Gasteiger partial charge in [0.15, 0.2) is 0 Å². The van der Waals surface area contributed by atoms with Crippen molar-refractivity contribution in [2.75, 3.05) is 19.7 Å². The summed E-state index contributed by atoms with van der Waals surface area (Å²) in [6.07, 6.45) is 1.17. The lowest BCUT2D eigenvalue weighted by molar-refractivity contribution is -0.143. The minimum atomic E-state index is -0.870. The van der Waals surface area contributed by atoms with E-state index in [1.807, 2.05) is 38.1 Å². The minimum Gasteiger partial charge on any atom is -0.481 e. The Bertz CT molecular complexity index is 1030. The molecule has 1 atom stereocenters. The molecule has 2 amide bonds. The molecule has 1 fully saturated rings. The van der Waals surface area contributed by atoms with E-state index in [0.717, 1.165) is 22.3 Å². The van der Waals surface area contributed by atoms with Crippen molar-refractivity contribution in [1.82, 2.24) is 10.6 Å². The molecule has 3 N–H and O–H groups in total. The zero-order chi connectivity index (χ0) is 24.3. The van der Waals surface area contributed by atoms with E-state index >= 15 is 0 Å². The summed E-state index contributed by atoms with van der Waals surface area (Å²) in [5.74, 6) is -1.34.